The van der Waals surface area contributed by atoms with Crippen LogP contribution < -0.4 is 0 Å². The van der Waals surface area contributed by atoms with Crippen LogP contribution in [0.2, 0.25) is 5.02 Å². The molecule has 1 aliphatic rings. The minimum absolute atomic E-state index is 0.115. The lowest BCUT2D eigenvalue weighted by Crippen LogP contribution is -1.98. The van der Waals surface area contributed by atoms with Gasteiger partial charge in [0.1, 0.15) is 5.82 Å². The Bertz CT molecular complexity index is 622. The van der Waals surface area contributed by atoms with Crippen LogP contribution >= 0.6 is 23.2 Å². The van der Waals surface area contributed by atoms with Crippen LogP contribution in [0.25, 0.3) is 0 Å². The van der Waals surface area contributed by atoms with E-state index >= 15 is 0 Å². The molecule has 3 heteroatoms. The van der Waals surface area contributed by atoms with Crippen LogP contribution in [-0.2, 0) is 12.8 Å². The van der Waals surface area contributed by atoms with Crippen molar-refractivity contribution in [1.29, 1.82) is 0 Å². The van der Waals surface area contributed by atoms with E-state index in [4.69, 9.17) is 23.2 Å². The van der Waals surface area contributed by atoms with Gasteiger partial charge in [-0.3, -0.25) is 0 Å². The molecule has 0 amide bonds. The van der Waals surface area contributed by atoms with Crippen LogP contribution in [0.3, 0.4) is 0 Å². The van der Waals surface area contributed by atoms with Crippen molar-refractivity contribution in [3.05, 3.63) is 69.5 Å². The highest BCUT2D eigenvalue weighted by Gasteiger charge is 2.19. The molecule has 2 aromatic rings. The number of benzene rings is 2. The molecule has 1 atom stereocenters. The Hall–Kier alpha value is -1.05. The monoisotopic (exact) mass is 294 g/mol. The summed E-state index contributed by atoms with van der Waals surface area (Å²) in [7, 11) is 0. The number of halogens is 3. The summed E-state index contributed by atoms with van der Waals surface area (Å²) in [4.78, 5) is 0. The van der Waals surface area contributed by atoms with E-state index in [9.17, 15) is 4.39 Å². The summed E-state index contributed by atoms with van der Waals surface area (Å²) in [6, 6.07) is 11.1. The van der Waals surface area contributed by atoms with Crippen molar-refractivity contribution >= 4 is 23.2 Å². The number of hydrogen-bond donors (Lipinski definition) is 0. The van der Waals surface area contributed by atoms with E-state index in [1.54, 1.807) is 12.1 Å². The van der Waals surface area contributed by atoms with E-state index in [1.807, 2.05) is 6.07 Å². The van der Waals surface area contributed by atoms with Gasteiger partial charge in [0.15, 0.2) is 0 Å². The van der Waals surface area contributed by atoms with Gasteiger partial charge in [0.2, 0.25) is 0 Å². The maximum absolute atomic E-state index is 14.0. The Morgan fingerprint density at radius 2 is 1.84 bits per heavy atom. The standard InChI is InChI=1S/C16H13Cl2F/c17-14-6-2-5-13(16(14)19)15(18)12-8-7-10-3-1-4-11(10)9-12/h2,5-9,15H,1,3-4H2. The Morgan fingerprint density at radius 3 is 2.68 bits per heavy atom. The van der Waals surface area contributed by atoms with Gasteiger partial charge < -0.3 is 0 Å². The van der Waals surface area contributed by atoms with Crippen LogP contribution in [0.4, 0.5) is 4.39 Å². The van der Waals surface area contributed by atoms with Gasteiger partial charge in [-0.15, -0.1) is 11.6 Å². The van der Waals surface area contributed by atoms with E-state index in [0.29, 0.717) is 5.56 Å². The molecule has 0 bridgehead atoms. The van der Waals surface area contributed by atoms with E-state index in [0.717, 1.165) is 18.4 Å². The second kappa shape index (κ2) is 5.15. The average molecular weight is 295 g/mol. The normalized spacial score (nSPS) is 15.3. The van der Waals surface area contributed by atoms with Crippen LogP contribution in [0.1, 0.15) is 34.1 Å². The molecule has 98 valence electrons. The first-order valence-electron chi connectivity index (χ1n) is 6.36. The zero-order valence-electron chi connectivity index (χ0n) is 10.3. The molecule has 0 aliphatic heterocycles. The topological polar surface area (TPSA) is 0 Å². The average Bonchev–Trinajstić information content (AvgIpc) is 2.88. The molecular formula is C16H13Cl2F. The predicted octanol–water partition coefficient (Wildman–Crippen LogP) is 5.30. The number of alkyl halides is 1. The molecule has 0 heterocycles. The second-order valence-electron chi connectivity index (χ2n) is 4.89. The summed E-state index contributed by atoms with van der Waals surface area (Å²) < 4.78 is 14.0. The maximum Gasteiger partial charge on any atom is 0.146 e. The molecule has 2 aromatic carbocycles. The summed E-state index contributed by atoms with van der Waals surface area (Å²) in [6.45, 7) is 0. The third-order valence-electron chi connectivity index (χ3n) is 3.67. The molecular weight excluding hydrogens is 282 g/mol. The van der Waals surface area contributed by atoms with Crippen LogP contribution in [0.15, 0.2) is 36.4 Å². The van der Waals surface area contributed by atoms with Crippen LogP contribution in [0, 0.1) is 5.82 Å². The Balaban J connectivity index is 2.00. The Morgan fingerprint density at radius 1 is 1.05 bits per heavy atom. The van der Waals surface area contributed by atoms with Crippen molar-refractivity contribution in [3.8, 4) is 0 Å². The van der Waals surface area contributed by atoms with Crippen molar-refractivity contribution < 1.29 is 4.39 Å². The van der Waals surface area contributed by atoms with Gasteiger partial charge in [-0.25, -0.2) is 4.39 Å². The molecule has 0 nitrogen and oxygen atoms in total. The largest absolute Gasteiger partial charge is 0.205 e. The maximum atomic E-state index is 14.0. The summed E-state index contributed by atoms with van der Waals surface area (Å²) >= 11 is 12.2. The van der Waals surface area contributed by atoms with Crippen molar-refractivity contribution in [3.63, 3.8) is 0 Å². The Kier molecular flexibility index (Phi) is 3.51. The molecule has 0 saturated heterocycles. The summed E-state index contributed by atoms with van der Waals surface area (Å²) in [5, 5.41) is -0.381. The fourth-order valence-corrected chi connectivity index (χ4v) is 3.13. The van der Waals surface area contributed by atoms with Gasteiger partial charge in [0.05, 0.1) is 10.4 Å². The summed E-state index contributed by atoms with van der Waals surface area (Å²) in [5.74, 6) is -0.426. The lowest BCUT2D eigenvalue weighted by molar-refractivity contribution is 0.613. The second-order valence-corrected chi connectivity index (χ2v) is 5.73. The minimum atomic E-state index is -0.496. The third-order valence-corrected chi connectivity index (χ3v) is 4.45. The molecule has 0 spiro atoms. The lowest BCUT2D eigenvalue weighted by Gasteiger charge is -2.13. The lowest BCUT2D eigenvalue weighted by atomic mass is 10.00. The molecule has 3 rings (SSSR count). The van der Waals surface area contributed by atoms with Gasteiger partial charge >= 0.3 is 0 Å². The van der Waals surface area contributed by atoms with Crippen LogP contribution in [0.5, 0.6) is 0 Å². The van der Waals surface area contributed by atoms with Crippen molar-refractivity contribution in [2.75, 3.05) is 0 Å². The van der Waals surface area contributed by atoms with Crippen LogP contribution in [-0.4, -0.2) is 0 Å². The molecule has 1 aliphatic carbocycles. The van der Waals surface area contributed by atoms with E-state index in [1.165, 1.54) is 23.6 Å². The van der Waals surface area contributed by atoms with E-state index in [2.05, 4.69) is 12.1 Å². The van der Waals surface area contributed by atoms with Gasteiger partial charge in [0.25, 0.3) is 0 Å². The summed E-state index contributed by atoms with van der Waals surface area (Å²) in [5.41, 5.74) is 4.10. The van der Waals surface area contributed by atoms with Crippen molar-refractivity contribution in [2.45, 2.75) is 24.6 Å². The fraction of sp³-hybridized carbons (Fsp3) is 0.250. The van der Waals surface area contributed by atoms with Gasteiger partial charge in [0, 0.05) is 5.56 Å². The number of rotatable bonds is 2. The zero-order chi connectivity index (χ0) is 13.4. The Labute approximate surface area is 122 Å². The predicted molar refractivity (Wildman–Crippen MR) is 77.6 cm³/mol. The van der Waals surface area contributed by atoms with E-state index < -0.39 is 11.2 Å². The molecule has 0 fully saturated rings. The molecule has 19 heavy (non-hydrogen) atoms. The highest BCUT2D eigenvalue weighted by molar-refractivity contribution is 6.31. The molecule has 0 radical (unpaired) electrons. The smallest absolute Gasteiger partial charge is 0.146 e. The van der Waals surface area contributed by atoms with Gasteiger partial charge in [-0.2, -0.15) is 0 Å². The first kappa shape index (κ1) is 13.0. The quantitative estimate of drug-likeness (QED) is 0.660. The van der Waals surface area contributed by atoms with Gasteiger partial charge in [-0.1, -0.05) is 41.9 Å². The first-order chi connectivity index (χ1) is 9.16. The molecule has 0 aromatic heterocycles. The van der Waals surface area contributed by atoms with Crippen molar-refractivity contribution in [1.82, 2.24) is 0 Å². The zero-order valence-corrected chi connectivity index (χ0v) is 11.8. The summed E-state index contributed by atoms with van der Waals surface area (Å²) in [6.07, 6.45) is 3.41. The van der Waals surface area contributed by atoms with Gasteiger partial charge in [-0.05, 0) is 42.0 Å². The fourth-order valence-electron chi connectivity index (χ4n) is 2.65. The van der Waals surface area contributed by atoms with E-state index in [-0.39, 0.29) is 5.02 Å². The first-order valence-corrected chi connectivity index (χ1v) is 7.18. The highest BCUT2D eigenvalue weighted by Crippen LogP contribution is 2.35. The SMILES string of the molecule is Fc1c(Cl)cccc1C(Cl)c1ccc2c(c1)CCC2. The highest BCUT2D eigenvalue weighted by atomic mass is 35.5. The number of hydrogen-bond acceptors (Lipinski definition) is 0. The third kappa shape index (κ3) is 2.37. The molecule has 0 N–H and O–H groups in total. The number of aryl methyl sites for hydroxylation is 2. The molecule has 0 saturated carbocycles. The molecule has 1 unspecified atom stereocenters. The van der Waals surface area contributed by atoms with Crippen molar-refractivity contribution in [2.24, 2.45) is 0 Å². The minimum Gasteiger partial charge on any atom is -0.205 e. The number of fused-ring (bicyclic) bond motifs is 1.